The van der Waals surface area contributed by atoms with Crippen molar-refractivity contribution in [3.63, 3.8) is 0 Å². The SMILES string of the molecule is CC(O)N=S(=O)=O. The first-order valence-electron chi connectivity index (χ1n) is 1.61. The standard InChI is InChI=1S/C2H5NO3S/c1-2(4)3-7(5)6/h2,4H,1H3. The van der Waals surface area contributed by atoms with Gasteiger partial charge in [-0.15, -0.1) is 4.36 Å². The Hall–Kier alpha value is -0.420. The van der Waals surface area contributed by atoms with Crippen LogP contribution in [0.1, 0.15) is 6.92 Å². The molecule has 4 nitrogen and oxygen atoms in total. The van der Waals surface area contributed by atoms with Gasteiger partial charge in [-0.05, 0) is 6.92 Å². The van der Waals surface area contributed by atoms with E-state index in [0.29, 0.717) is 0 Å². The van der Waals surface area contributed by atoms with Crippen LogP contribution in [0.15, 0.2) is 4.36 Å². The summed E-state index contributed by atoms with van der Waals surface area (Å²) in [6, 6.07) is 0. The second kappa shape index (κ2) is 2.70. The van der Waals surface area contributed by atoms with Gasteiger partial charge in [0.1, 0.15) is 0 Å². The minimum atomic E-state index is -2.47. The number of hydrogen-bond acceptors (Lipinski definition) is 4. The average Bonchev–Trinajstić information content (AvgIpc) is 1.27. The molecule has 0 bridgehead atoms. The lowest BCUT2D eigenvalue weighted by molar-refractivity contribution is 0.207. The third kappa shape index (κ3) is 5.58. The normalized spacial score (nSPS) is 12.9. The van der Waals surface area contributed by atoms with Gasteiger partial charge >= 0.3 is 10.5 Å². The fraction of sp³-hybridized carbons (Fsp3) is 1.00. The molecule has 0 aliphatic heterocycles. The van der Waals surface area contributed by atoms with Crippen molar-refractivity contribution in [1.82, 2.24) is 0 Å². The maximum atomic E-state index is 9.48. The Morgan fingerprint density at radius 3 is 2.14 bits per heavy atom. The molecule has 0 rings (SSSR count). The van der Waals surface area contributed by atoms with Gasteiger partial charge in [0.2, 0.25) is 0 Å². The molecule has 42 valence electrons. The zero-order chi connectivity index (χ0) is 5.86. The number of aliphatic hydroxyl groups is 1. The summed E-state index contributed by atoms with van der Waals surface area (Å²) in [4.78, 5) is 0. The van der Waals surface area contributed by atoms with Crippen molar-refractivity contribution in [2.75, 3.05) is 0 Å². The molecule has 0 aromatic carbocycles. The minimum absolute atomic E-state index is 1.11. The van der Waals surface area contributed by atoms with Gasteiger partial charge < -0.3 is 5.11 Å². The third-order valence-corrected chi connectivity index (χ3v) is 0.716. The average molecular weight is 123 g/mol. The van der Waals surface area contributed by atoms with Crippen molar-refractivity contribution in [1.29, 1.82) is 0 Å². The summed E-state index contributed by atoms with van der Waals surface area (Å²) in [6.07, 6.45) is -1.11. The second-order valence-electron chi connectivity index (χ2n) is 0.954. The molecule has 1 N–H and O–H groups in total. The van der Waals surface area contributed by atoms with Crippen LogP contribution < -0.4 is 0 Å². The smallest absolute Gasteiger partial charge is 0.313 e. The summed E-state index contributed by atoms with van der Waals surface area (Å²) in [5.41, 5.74) is 0. The lowest BCUT2D eigenvalue weighted by atomic mass is 10.7. The highest BCUT2D eigenvalue weighted by atomic mass is 32.2. The lowest BCUT2D eigenvalue weighted by Gasteiger charge is -1.82. The molecule has 0 aliphatic carbocycles. The molecular formula is C2H5NO3S. The third-order valence-electron chi connectivity index (χ3n) is 0.239. The van der Waals surface area contributed by atoms with Crippen molar-refractivity contribution >= 4 is 10.5 Å². The van der Waals surface area contributed by atoms with Gasteiger partial charge in [0.05, 0.1) is 0 Å². The maximum absolute atomic E-state index is 9.48. The molecule has 0 amide bonds. The van der Waals surface area contributed by atoms with Gasteiger partial charge in [0.25, 0.3) is 0 Å². The summed E-state index contributed by atoms with van der Waals surface area (Å²) in [5.74, 6) is 0. The van der Waals surface area contributed by atoms with Crippen LogP contribution in [-0.2, 0) is 10.5 Å². The van der Waals surface area contributed by atoms with E-state index < -0.39 is 16.7 Å². The molecule has 0 spiro atoms. The zero-order valence-electron chi connectivity index (χ0n) is 3.70. The Balaban J connectivity index is 3.96. The predicted octanol–water partition coefficient (Wildman–Crippen LogP) is -0.613. The van der Waals surface area contributed by atoms with Gasteiger partial charge in [-0.1, -0.05) is 0 Å². The van der Waals surface area contributed by atoms with E-state index in [0.717, 1.165) is 0 Å². The number of rotatable bonds is 1. The molecule has 0 aliphatic rings. The molecule has 5 heteroatoms. The van der Waals surface area contributed by atoms with Gasteiger partial charge in [-0.3, -0.25) is 0 Å². The predicted molar refractivity (Wildman–Crippen MR) is 23.0 cm³/mol. The molecule has 0 saturated heterocycles. The molecular weight excluding hydrogens is 118 g/mol. The van der Waals surface area contributed by atoms with E-state index in [4.69, 9.17) is 5.11 Å². The first-order valence-corrected chi connectivity index (χ1v) is 2.64. The van der Waals surface area contributed by atoms with Crippen LogP contribution in [0.5, 0.6) is 0 Å². The van der Waals surface area contributed by atoms with Crippen molar-refractivity contribution in [3.05, 3.63) is 0 Å². The first kappa shape index (κ1) is 6.58. The number of nitrogens with zero attached hydrogens (tertiary/aromatic N) is 1. The summed E-state index contributed by atoms with van der Waals surface area (Å²) in [6.45, 7) is 1.26. The van der Waals surface area contributed by atoms with Crippen LogP contribution in [0.25, 0.3) is 0 Å². The molecule has 0 aromatic heterocycles. The van der Waals surface area contributed by atoms with E-state index in [1.165, 1.54) is 6.92 Å². The van der Waals surface area contributed by atoms with Crippen LogP contribution in [0.3, 0.4) is 0 Å². The maximum Gasteiger partial charge on any atom is 0.313 e. The van der Waals surface area contributed by atoms with Crippen LogP contribution in [0.4, 0.5) is 0 Å². The van der Waals surface area contributed by atoms with Gasteiger partial charge in [-0.2, -0.15) is 8.42 Å². The van der Waals surface area contributed by atoms with E-state index in [2.05, 4.69) is 4.36 Å². The number of aliphatic hydroxyl groups excluding tert-OH is 1. The Kier molecular flexibility index (Phi) is 2.54. The molecule has 0 fully saturated rings. The van der Waals surface area contributed by atoms with E-state index in [1.54, 1.807) is 0 Å². The minimum Gasteiger partial charge on any atom is -0.371 e. The molecule has 7 heavy (non-hydrogen) atoms. The molecule has 0 heterocycles. The summed E-state index contributed by atoms with van der Waals surface area (Å²) < 4.78 is 21.7. The van der Waals surface area contributed by atoms with Gasteiger partial charge in [-0.25, -0.2) is 0 Å². The van der Waals surface area contributed by atoms with Crippen LogP contribution in [0, 0.1) is 0 Å². The monoisotopic (exact) mass is 123 g/mol. The Labute approximate surface area is 42.5 Å². The fourth-order valence-corrected chi connectivity index (χ4v) is 0.374. The first-order chi connectivity index (χ1) is 3.13. The van der Waals surface area contributed by atoms with Crippen molar-refractivity contribution < 1.29 is 13.5 Å². The van der Waals surface area contributed by atoms with Gasteiger partial charge in [0, 0.05) is 0 Å². The van der Waals surface area contributed by atoms with E-state index in [-0.39, 0.29) is 0 Å². The van der Waals surface area contributed by atoms with E-state index >= 15 is 0 Å². The zero-order valence-corrected chi connectivity index (χ0v) is 4.51. The quantitative estimate of drug-likeness (QED) is 0.505. The Bertz CT molecular complexity index is 148. The number of hydrogen-bond donors (Lipinski definition) is 1. The molecule has 1 unspecified atom stereocenters. The van der Waals surface area contributed by atoms with E-state index in [9.17, 15) is 8.42 Å². The van der Waals surface area contributed by atoms with Crippen LogP contribution in [0.2, 0.25) is 0 Å². The highest BCUT2D eigenvalue weighted by molar-refractivity contribution is 7.61. The largest absolute Gasteiger partial charge is 0.371 e. The summed E-state index contributed by atoms with van der Waals surface area (Å²) >= 11 is 0. The highest BCUT2D eigenvalue weighted by Gasteiger charge is 1.83. The van der Waals surface area contributed by atoms with Crippen LogP contribution in [-0.4, -0.2) is 19.8 Å². The molecule has 0 radical (unpaired) electrons. The second-order valence-corrected chi connectivity index (χ2v) is 1.60. The van der Waals surface area contributed by atoms with Crippen LogP contribution >= 0.6 is 0 Å². The Morgan fingerprint density at radius 2 is 2.14 bits per heavy atom. The lowest BCUT2D eigenvalue weighted by Crippen LogP contribution is -1.90. The molecule has 0 aromatic rings. The Morgan fingerprint density at radius 1 is 1.71 bits per heavy atom. The summed E-state index contributed by atoms with van der Waals surface area (Å²) in [5, 5.41) is 8.16. The van der Waals surface area contributed by atoms with Crippen molar-refractivity contribution in [3.8, 4) is 0 Å². The topological polar surface area (TPSA) is 66.7 Å². The highest BCUT2D eigenvalue weighted by Crippen LogP contribution is 1.76. The molecule has 1 atom stereocenters. The molecule has 0 saturated carbocycles. The van der Waals surface area contributed by atoms with Gasteiger partial charge in [0.15, 0.2) is 6.23 Å². The fourth-order valence-electron chi connectivity index (χ4n) is 0.125. The van der Waals surface area contributed by atoms with E-state index in [1.807, 2.05) is 0 Å². The van der Waals surface area contributed by atoms with Crippen molar-refractivity contribution in [2.45, 2.75) is 13.2 Å². The van der Waals surface area contributed by atoms with Crippen molar-refractivity contribution in [2.24, 2.45) is 4.36 Å². The summed E-state index contributed by atoms with van der Waals surface area (Å²) in [7, 11) is -2.47.